The lowest BCUT2D eigenvalue weighted by atomic mass is 9.95. The number of phenols is 1. The van der Waals surface area contributed by atoms with Crippen molar-refractivity contribution in [2.75, 3.05) is 6.61 Å². The first-order valence-corrected chi connectivity index (χ1v) is 10.6. The molecule has 3 rings (SSSR count). The zero-order chi connectivity index (χ0) is 21.3. The van der Waals surface area contributed by atoms with Gasteiger partial charge in [-0.3, -0.25) is 4.79 Å². The fourth-order valence-electron chi connectivity index (χ4n) is 2.79. The Labute approximate surface area is 185 Å². The summed E-state index contributed by atoms with van der Waals surface area (Å²) in [4.78, 5) is 17.9. The van der Waals surface area contributed by atoms with E-state index in [-0.39, 0.29) is 11.3 Å². The Kier molecular flexibility index (Phi) is 6.14. The SMILES string of the molecule is CCOc1cc(C=Nn2c(C(C)(C)C)nc3ccc(Br)cc3c2=O)c(Br)cc1O. The number of benzene rings is 2. The normalized spacial score (nSPS) is 12.1. The lowest BCUT2D eigenvalue weighted by molar-refractivity contribution is 0.318. The largest absolute Gasteiger partial charge is 0.504 e. The van der Waals surface area contributed by atoms with Crippen LogP contribution in [-0.4, -0.2) is 27.6 Å². The fourth-order valence-corrected chi connectivity index (χ4v) is 3.58. The molecule has 0 unspecified atom stereocenters. The van der Waals surface area contributed by atoms with Gasteiger partial charge in [-0.25, -0.2) is 4.98 Å². The Hall–Kier alpha value is -2.19. The Bertz CT molecular complexity index is 1160. The first-order valence-electron chi connectivity index (χ1n) is 9.04. The van der Waals surface area contributed by atoms with E-state index in [0.29, 0.717) is 39.1 Å². The topological polar surface area (TPSA) is 76.7 Å². The van der Waals surface area contributed by atoms with Crippen molar-refractivity contribution in [2.24, 2.45) is 5.10 Å². The van der Waals surface area contributed by atoms with E-state index < -0.39 is 5.41 Å². The molecule has 2 aromatic carbocycles. The smallest absolute Gasteiger partial charge is 0.282 e. The highest BCUT2D eigenvalue weighted by Gasteiger charge is 2.23. The molecule has 0 aliphatic carbocycles. The number of aromatic nitrogens is 2. The van der Waals surface area contributed by atoms with Gasteiger partial charge >= 0.3 is 0 Å². The second-order valence-corrected chi connectivity index (χ2v) is 9.25. The molecule has 1 heterocycles. The Morgan fingerprint density at radius 3 is 2.62 bits per heavy atom. The molecule has 0 spiro atoms. The molecule has 0 bridgehead atoms. The van der Waals surface area contributed by atoms with Crippen LogP contribution in [0.3, 0.4) is 0 Å². The number of phenolic OH excluding ortho intramolecular Hbond substituents is 1. The maximum Gasteiger partial charge on any atom is 0.282 e. The molecular formula is C21H21Br2N3O3. The molecule has 0 aliphatic rings. The van der Waals surface area contributed by atoms with Crippen molar-refractivity contribution in [3.05, 3.63) is 61.0 Å². The van der Waals surface area contributed by atoms with Gasteiger partial charge < -0.3 is 9.84 Å². The van der Waals surface area contributed by atoms with E-state index in [1.807, 2.05) is 39.8 Å². The molecule has 1 aromatic heterocycles. The molecule has 1 N–H and O–H groups in total. The van der Waals surface area contributed by atoms with Gasteiger partial charge in [-0.1, -0.05) is 36.7 Å². The summed E-state index contributed by atoms with van der Waals surface area (Å²) in [5, 5.41) is 14.9. The molecule has 0 atom stereocenters. The van der Waals surface area contributed by atoms with Crippen LogP contribution in [0, 0.1) is 0 Å². The van der Waals surface area contributed by atoms with Crippen LogP contribution < -0.4 is 10.3 Å². The van der Waals surface area contributed by atoms with Crippen molar-refractivity contribution in [2.45, 2.75) is 33.1 Å². The average molecular weight is 523 g/mol. The quantitative estimate of drug-likeness (QED) is 0.477. The van der Waals surface area contributed by atoms with Gasteiger partial charge in [0.25, 0.3) is 5.56 Å². The molecule has 0 fully saturated rings. The summed E-state index contributed by atoms with van der Waals surface area (Å²) >= 11 is 6.82. The van der Waals surface area contributed by atoms with Gasteiger partial charge in [0.05, 0.1) is 23.7 Å². The van der Waals surface area contributed by atoms with Gasteiger partial charge in [-0.05, 0) is 53.2 Å². The highest BCUT2D eigenvalue weighted by molar-refractivity contribution is 9.10. The van der Waals surface area contributed by atoms with Gasteiger partial charge in [0.2, 0.25) is 0 Å². The number of ether oxygens (including phenoxy) is 1. The van der Waals surface area contributed by atoms with E-state index in [1.54, 1.807) is 18.3 Å². The minimum absolute atomic E-state index is 0.0284. The Balaban J connectivity index is 2.20. The molecule has 8 heteroatoms. The number of hydrogen-bond acceptors (Lipinski definition) is 5. The summed E-state index contributed by atoms with van der Waals surface area (Å²) in [6.45, 7) is 8.20. The van der Waals surface area contributed by atoms with Crippen molar-refractivity contribution >= 4 is 49.0 Å². The van der Waals surface area contributed by atoms with Crippen LogP contribution >= 0.6 is 31.9 Å². The molecule has 0 radical (unpaired) electrons. The number of halogens is 2. The van der Waals surface area contributed by atoms with Crippen LogP contribution in [-0.2, 0) is 5.41 Å². The predicted octanol–water partition coefficient (Wildman–Crippen LogP) is 5.21. The summed E-state index contributed by atoms with van der Waals surface area (Å²) in [5.74, 6) is 0.926. The maximum absolute atomic E-state index is 13.2. The number of fused-ring (bicyclic) bond motifs is 1. The van der Waals surface area contributed by atoms with Crippen LogP contribution in [0.15, 0.2) is 49.2 Å². The molecule has 0 aliphatic heterocycles. The van der Waals surface area contributed by atoms with Crippen LogP contribution in [0.2, 0.25) is 0 Å². The lowest BCUT2D eigenvalue weighted by Crippen LogP contribution is -2.29. The molecular weight excluding hydrogens is 502 g/mol. The first kappa shape index (κ1) is 21.5. The summed E-state index contributed by atoms with van der Waals surface area (Å²) in [7, 11) is 0. The van der Waals surface area contributed by atoms with E-state index in [2.05, 4.69) is 37.0 Å². The molecule has 29 heavy (non-hydrogen) atoms. The predicted molar refractivity (Wildman–Crippen MR) is 122 cm³/mol. The van der Waals surface area contributed by atoms with Crippen molar-refractivity contribution in [1.29, 1.82) is 0 Å². The minimum atomic E-state index is -0.402. The van der Waals surface area contributed by atoms with Crippen molar-refractivity contribution in [1.82, 2.24) is 9.66 Å². The third kappa shape index (κ3) is 4.53. The average Bonchev–Trinajstić information content (AvgIpc) is 2.63. The van der Waals surface area contributed by atoms with Crippen molar-refractivity contribution < 1.29 is 9.84 Å². The molecule has 0 saturated heterocycles. The third-order valence-electron chi connectivity index (χ3n) is 4.17. The van der Waals surface area contributed by atoms with Gasteiger partial charge in [0, 0.05) is 19.9 Å². The second kappa shape index (κ2) is 8.28. The Morgan fingerprint density at radius 1 is 1.24 bits per heavy atom. The van der Waals surface area contributed by atoms with Crippen LogP contribution in [0.1, 0.15) is 39.1 Å². The second-order valence-electron chi connectivity index (χ2n) is 7.48. The van der Waals surface area contributed by atoms with Gasteiger partial charge in [-0.2, -0.15) is 9.78 Å². The van der Waals surface area contributed by atoms with Gasteiger partial charge in [0.15, 0.2) is 11.5 Å². The highest BCUT2D eigenvalue weighted by Crippen LogP contribution is 2.32. The Morgan fingerprint density at radius 2 is 1.97 bits per heavy atom. The van der Waals surface area contributed by atoms with Gasteiger partial charge in [0.1, 0.15) is 5.82 Å². The number of aromatic hydroxyl groups is 1. The van der Waals surface area contributed by atoms with Crippen LogP contribution in [0.4, 0.5) is 0 Å². The van der Waals surface area contributed by atoms with E-state index in [1.165, 1.54) is 10.7 Å². The van der Waals surface area contributed by atoms with Crippen LogP contribution in [0.5, 0.6) is 11.5 Å². The summed E-state index contributed by atoms with van der Waals surface area (Å²) in [5.41, 5.74) is 0.629. The minimum Gasteiger partial charge on any atom is -0.504 e. The van der Waals surface area contributed by atoms with Crippen molar-refractivity contribution in [3.63, 3.8) is 0 Å². The summed E-state index contributed by atoms with van der Waals surface area (Å²) in [6.07, 6.45) is 1.55. The highest BCUT2D eigenvalue weighted by atomic mass is 79.9. The third-order valence-corrected chi connectivity index (χ3v) is 5.35. The molecule has 152 valence electrons. The molecule has 3 aromatic rings. The van der Waals surface area contributed by atoms with Crippen LogP contribution in [0.25, 0.3) is 10.9 Å². The van der Waals surface area contributed by atoms with E-state index in [9.17, 15) is 9.90 Å². The number of nitrogens with zero attached hydrogens (tertiary/aromatic N) is 3. The van der Waals surface area contributed by atoms with E-state index in [4.69, 9.17) is 9.72 Å². The summed E-state index contributed by atoms with van der Waals surface area (Å²) < 4.78 is 8.19. The molecule has 0 saturated carbocycles. The number of hydrogen-bond donors (Lipinski definition) is 1. The van der Waals surface area contributed by atoms with E-state index >= 15 is 0 Å². The zero-order valence-electron chi connectivity index (χ0n) is 16.5. The monoisotopic (exact) mass is 521 g/mol. The fraction of sp³-hybridized carbons (Fsp3) is 0.286. The zero-order valence-corrected chi connectivity index (χ0v) is 19.7. The lowest BCUT2D eigenvalue weighted by Gasteiger charge is -2.21. The number of rotatable bonds is 4. The molecule has 6 nitrogen and oxygen atoms in total. The molecule has 0 amide bonds. The van der Waals surface area contributed by atoms with E-state index in [0.717, 1.165) is 4.47 Å². The maximum atomic E-state index is 13.2. The van der Waals surface area contributed by atoms with Gasteiger partial charge in [-0.15, -0.1) is 0 Å². The standard InChI is InChI=1S/C21H21Br2N3O3/c1-5-29-18-8-12(15(23)10-17(18)27)11-24-26-19(28)14-9-13(22)6-7-16(14)25-20(26)21(2,3)4/h6-11,27H,5H2,1-4H3. The first-order chi connectivity index (χ1) is 13.6. The summed E-state index contributed by atoms with van der Waals surface area (Å²) in [6, 6.07) is 8.62. The van der Waals surface area contributed by atoms with Crippen molar-refractivity contribution in [3.8, 4) is 11.5 Å².